The molecule has 2 atom stereocenters. The first-order chi connectivity index (χ1) is 20.7. The minimum atomic E-state index is -0.953. The van der Waals surface area contributed by atoms with E-state index in [0.29, 0.717) is 35.3 Å². The normalized spacial score (nSPS) is 21.7. The summed E-state index contributed by atoms with van der Waals surface area (Å²) in [5.74, 6) is -0.928. The van der Waals surface area contributed by atoms with Crippen molar-refractivity contribution < 1.29 is 30.0 Å². The molecule has 0 bridgehead atoms. The number of para-hydroxylation sites is 1. The molecule has 3 heterocycles. The van der Waals surface area contributed by atoms with Crippen LogP contribution in [-0.4, -0.2) is 10.7 Å². The molecule has 2 aliphatic rings. The maximum absolute atomic E-state index is 8.83. The summed E-state index contributed by atoms with van der Waals surface area (Å²) in [6.45, 7) is 4.10. The quantitative estimate of drug-likeness (QED) is 0.175. The van der Waals surface area contributed by atoms with Crippen molar-refractivity contribution in [2.24, 2.45) is 10.9 Å². The average molecular weight is 707 g/mol. The molecule has 7 rings (SSSR count). The van der Waals surface area contributed by atoms with Crippen LogP contribution >= 0.6 is 0 Å². The van der Waals surface area contributed by atoms with Crippen LogP contribution in [0.5, 0.6) is 0 Å². The fourth-order valence-electron chi connectivity index (χ4n) is 5.04. The number of pyridine rings is 1. The predicted molar refractivity (Wildman–Crippen MR) is 161 cm³/mol. The van der Waals surface area contributed by atoms with Gasteiger partial charge in [-0.05, 0) is 66.9 Å². The van der Waals surface area contributed by atoms with E-state index in [9.17, 15) is 0 Å². The molecule has 3 nitrogen and oxygen atoms in total. The Balaban J connectivity index is 0.000000216. The monoisotopic (exact) mass is 707 g/mol. The Bertz CT molecular complexity index is 1780. The SMILES string of the molecule is Cc1c[c-]c(-c2ccc(C)cn2)cc1.[2H]C1=C(C2([2H])CCCCC2)C([2H])C([2H])C(c2[c-]c3oc4ccccc4c3cc2)=N1.[Ir]. The van der Waals surface area contributed by atoms with E-state index in [1.54, 1.807) is 0 Å². The van der Waals surface area contributed by atoms with E-state index < -0.39 is 18.7 Å². The minimum Gasteiger partial charge on any atom is -0.477 e. The van der Waals surface area contributed by atoms with Crippen LogP contribution in [0, 0.1) is 31.9 Å². The summed E-state index contributed by atoms with van der Waals surface area (Å²) >= 11 is 0. The van der Waals surface area contributed by atoms with Gasteiger partial charge in [-0.1, -0.05) is 73.5 Å². The van der Waals surface area contributed by atoms with Gasteiger partial charge in [0.2, 0.25) is 0 Å². The van der Waals surface area contributed by atoms with Crippen molar-refractivity contribution in [2.75, 3.05) is 0 Å². The van der Waals surface area contributed by atoms with Gasteiger partial charge in [-0.25, -0.2) is 0 Å². The van der Waals surface area contributed by atoms with Gasteiger partial charge < -0.3 is 14.4 Å². The molecule has 0 N–H and O–H groups in total. The van der Waals surface area contributed by atoms with E-state index in [1.807, 2.05) is 67.7 Å². The Morgan fingerprint density at radius 3 is 2.48 bits per heavy atom. The first-order valence-corrected chi connectivity index (χ1v) is 13.6. The van der Waals surface area contributed by atoms with Crippen molar-refractivity contribution in [3.05, 3.63) is 113 Å². The van der Waals surface area contributed by atoms with Crippen LogP contribution in [0.3, 0.4) is 0 Å². The molecular weight excluding hydrogens is 669 g/mol. The van der Waals surface area contributed by atoms with Crippen molar-refractivity contribution in [1.29, 1.82) is 0 Å². The summed E-state index contributed by atoms with van der Waals surface area (Å²) in [5.41, 5.74) is 7.16. The zero-order chi connectivity index (χ0) is 30.1. The van der Waals surface area contributed by atoms with Crippen LogP contribution in [0.15, 0.2) is 94.1 Å². The predicted octanol–water partition coefficient (Wildman–Crippen LogP) is 9.60. The fraction of sp³-hybridized carbons (Fsp3) is 0.278. The Morgan fingerprint density at radius 2 is 1.70 bits per heavy atom. The van der Waals surface area contributed by atoms with Gasteiger partial charge >= 0.3 is 0 Å². The zero-order valence-electron chi connectivity index (χ0n) is 26.8. The molecule has 3 aromatic carbocycles. The Labute approximate surface area is 256 Å². The molecule has 5 aromatic rings. The van der Waals surface area contributed by atoms with E-state index in [-0.39, 0.29) is 26.3 Å². The largest absolute Gasteiger partial charge is 0.477 e. The summed E-state index contributed by atoms with van der Waals surface area (Å²) in [7, 11) is 0. The summed E-state index contributed by atoms with van der Waals surface area (Å²) < 4.78 is 40.5. The molecule has 40 heavy (non-hydrogen) atoms. The molecule has 1 fully saturated rings. The second kappa shape index (κ2) is 12.9. The number of benzene rings is 3. The third kappa shape index (κ3) is 6.35. The number of nitrogens with zero attached hydrogens (tertiary/aromatic N) is 2. The van der Waals surface area contributed by atoms with E-state index in [0.717, 1.165) is 46.9 Å². The summed E-state index contributed by atoms with van der Waals surface area (Å²) in [6, 6.07) is 28.2. The van der Waals surface area contributed by atoms with E-state index in [4.69, 9.17) is 9.90 Å². The topological polar surface area (TPSA) is 38.4 Å². The molecule has 0 saturated heterocycles. The maximum Gasteiger partial charge on any atom is 0.123 e. The smallest absolute Gasteiger partial charge is 0.123 e. The van der Waals surface area contributed by atoms with E-state index in [2.05, 4.69) is 41.2 Å². The van der Waals surface area contributed by atoms with Gasteiger partial charge in [0.15, 0.2) is 0 Å². The number of furan rings is 1. The third-order valence-corrected chi connectivity index (χ3v) is 7.27. The number of aromatic nitrogens is 1. The van der Waals surface area contributed by atoms with E-state index >= 15 is 0 Å². The first-order valence-electron chi connectivity index (χ1n) is 15.8. The van der Waals surface area contributed by atoms with Crippen LogP contribution in [0.1, 0.15) is 67.1 Å². The van der Waals surface area contributed by atoms with Crippen LogP contribution in [0.2, 0.25) is 0 Å². The molecule has 2 unspecified atom stereocenters. The molecule has 1 radical (unpaired) electrons. The molecule has 0 spiro atoms. The summed E-state index contributed by atoms with van der Waals surface area (Å²) in [6.07, 6.45) is 4.22. The number of hydrogen-bond acceptors (Lipinski definition) is 3. The van der Waals surface area contributed by atoms with Gasteiger partial charge in [-0.2, -0.15) is 0 Å². The number of aryl methyl sites for hydroxylation is 2. The second-order valence-electron chi connectivity index (χ2n) is 10.2. The number of allylic oxidation sites excluding steroid dienone is 1. The molecule has 1 saturated carbocycles. The Morgan fingerprint density at radius 1 is 0.900 bits per heavy atom. The van der Waals surface area contributed by atoms with Crippen molar-refractivity contribution in [3.8, 4) is 11.3 Å². The maximum atomic E-state index is 8.83. The van der Waals surface area contributed by atoms with Crippen molar-refractivity contribution in [3.63, 3.8) is 0 Å². The standard InChI is InChI=1S/C23H22NO.C13H12N.Ir/c1-2-6-16(7-3-1)18-11-13-21(24-15-18)17-10-12-20-19-8-4-5-9-22(19)25-23(20)14-17;1-10-3-6-12(7-4-10)13-8-5-11(2)9-14-13;/h4-5,8-10,12,15-16H,1-3,6-7,11,13H2;3-6,8-9H,1-2H3;/q2*-1;/i11D,13D,15D,16D;;. The van der Waals surface area contributed by atoms with Gasteiger partial charge in [-0.3, -0.25) is 0 Å². The van der Waals surface area contributed by atoms with Crippen LogP contribution in [0.25, 0.3) is 33.2 Å². The third-order valence-electron chi connectivity index (χ3n) is 7.27. The zero-order valence-corrected chi connectivity index (χ0v) is 25.1. The first kappa shape index (κ1) is 23.4. The van der Waals surface area contributed by atoms with Gasteiger partial charge in [0.1, 0.15) is 5.58 Å². The molecular formula is C36H34IrN2O-2. The minimum absolute atomic E-state index is 0. The Hall–Kier alpha value is -3.33. The summed E-state index contributed by atoms with van der Waals surface area (Å²) in [5, 5.41) is 1.95. The Kier molecular flexibility index (Phi) is 7.54. The van der Waals surface area contributed by atoms with Crippen LogP contribution in [0.4, 0.5) is 0 Å². The van der Waals surface area contributed by atoms with Gasteiger partial charge in [-0.15, -0.1) is 53.1 Å². The van der Waals surface area contributed by atoms with Gasteiger partial charge in [0.05, 0.1) is 6.95 Å². The molecule has 205 valence electrons. The van der Waals surface area contributed by atoms with Crippen LogP contribution in [-0.2, 0) is 20.1 Å². The van der Waals surface area contributed by atoms with Crippen molar-refractivity contribution in [2.45, 2.75) is 58.7 Å². The second-order valence-corrected chi connectivity index (χ2v) is 10.2. The summed E-state index contributed by atoms with van der Waals surface area (Å²) in [4.78, 5) is 8.76. The number of fused-ring (bicyclic) bond motifs is 3. The fourth-order valence-corrected chi connectivity index (χ4v) is 5.04. The number of hydrogen-bond donors (Lipinski definition) is 0. The van der Waals surface area contributed by atoms with Crippen LogP contribution < -0.4 is 0 Å². The molecule has 2 aromatic heterocycles. The molecule has 0 amide bonds. The number of rotatable bonds is 3. The number of aliphatic imine (C=N–C) groups is 1. The molecule has 4 heteroatoms. The van der Waals surface area contributed by atoms with Gasteiger partial charge in [0, 0.05) is 36.6 Å². The van der Waals surface area contributed by atoms with Crippen molar-refractivity contribution in [1.82, 2.24) is 4.98 Å². The molecule has 1 aliphatic heterocycles. The van der Waals surface area contributed by atoms with Gasteiger partial charge in [0.25, 0.3) is 0 Å². The average Bonchev–Trinajstić information content (AvgIpc) is 3.38. The van der Waals surface area contributed by atoms with E-state index in [1.165, 1.54) is 11.1 Å². The molecule has 1 aliphatic carbocycles. The van der Waals surface area contributed by atoms with Crippen molar-refractivity contribution >= 4 is 27.7 Å².